The highest BCUT2D eigenvalue weighted by Crippen LogP contribution is 2.43. The van der Waals surface area contributed by atoms with Crippen molar-refractivity contribution in [2.24, 2.45) is 0 Å². The van der Waals surface area contributed by atoms with Crippen LogP contribution in [-0.2, 0) is 18.4 Å². The van der Waals surface area contributed by atoms with Crippen LogP contribution in [0.1, 0.15) is 303 Å². The predicted molar refractivity (Wildman–Crippen MR) is 337 cm³/mol. The third-order valence-corrected chi connectivity index (χ3v) is 15.7. The molecule has 0 spiro atoms. The van der Waals surface area contributed by atoms with Crippen LogP contribution in [0.15, 0.2) is 72.9 Å². The first kappa shape index (κ1) is 74.9. The van der Waals surface area contributed by atoms with Gasteiger partial charge in [-0.2, -0.15) is 0 Å². The van der Waals surface area contributed by atoms with Crippen molar-refractivity contribution in [1.82, 2.24) is 5.32 Å². The highest BCUT2D eigenvalue weighted by molar-refractivity contribution is 7.47. The topological polar surface area (TPSA) is 105 Å². The van der Waals surface area contributed by atoms with Crippen molar-refractivity contribution in [3.05, 3.63) is 72.9 Å². The second-order valence-corrected chi connectivity index (χ2v) is 24.9. The summed E-state index contributed by atoms with van der Waals surface area (Å²) in [5.74, 6) is -0.187. The molecule has 0 rings (SSSR count). The van der Waals surface area contributed by atoms with Crippen molar-refractivity contribution in [3.63, 3.8) is 0 Å². The monoisotopic (exact) mass is 1100 g/mol. The fourth-order valence-electron chi connectivity index (χ4n) is 9.60. The van der Waals surface area contributed by atoms with Crippen LogP contribution >= 0.6 is 7.82 Å². The van der Waals surface area contributed by atoms with Crippen molar-refractivity contribution >= 4 is 13.7 Å². The highest BCUT2D eigenvalue weighted by Gasteiger charge is 2.28. The molecule has 450 valence electrons. The van der Waals surface area contributed by atoms with Gasteiger partial charge in [0.25, 0.3) is 0 Å². The van der Waals surface area contributed by atoms with Gasteiger partial charge in [0.15, 0.2) is 0 Å². The van der Waals surface area contributed by atoms with Gasteiger partial charge < -0.3 is 19.8 Å². The third-order valence-electron chi connectivity index (χ3n) is 14.7. The molecular formula is C68H128N2O6P+. The van der Waals surface area contributed by atoms with Gasteiger partial charge in [-0.1, -0.05) is 305 Å². The number of nitrogens with one attached hydrogen (secondary N) is 1. The maximum absolute atomic E-state index is 13.0. The van der Waals surface area contributed by atoms with E-state index >= 15 is 0 Å². The van der Waals surface area contributed by atoms with E-state index in [1.54, 1.807) is 6.08 Å². The summed E-state index contributed by atoms with van der Waals surface area (Å²) in [6.45, 7) is 4.72. The van der Waals surface area contributed by atoms with Crippen LogP contribution in [0.5, 0.6) is 0 Å². The van der Waals surface area contributed by atoms with Crippen molar-refractivity contribution in [3.8, 4) is 0 Å². The molecule has 3 N–H and O–H groups in total. The number of rotatable bonds is 60. The van der Waals surface area contributed by atoms with E-state index in [0.717, 1.165) is 83.5 Å². The lowest BCUT2D eigenvalue weighted by Crippen LogP contribution is -2.45. The van der Waals surface area contributed by atoms with Crippen LogP contribution in [0.4, 0.5) is 0 Å². The highest BCUT2D eigenvalue weighted by atomic mass is 31.2. The number of hydrogen-bond acceptors (Lipinski definition) is 5. The molecule has 0 bridgehead atoms. The lowest BCUT2D eigenvalue weighted by atomic mass is 10.0. The van der Waals surface area contributed by atoms with Gasteiger partial charge in [0.1, 0.15) is 13.2 Å². The van der Waals surface area contributed by atoms with E-state index in [2.05, 4.69) is 79.9 Å². The van der Waals surface area contributed by atoms with Gasteiger partial charge in [0.2, 0.25) is 5.91 Å². The number of amides is 1. The van der Waals surface area contributed by atoms with Gasteiger partial charge in [0, 0.05) is 6.42 Å². The fourth-order valence-corrected chi connectivity index (χ4v) is 10.3. The number of phosphoric acid groups is 1. The zero-order chi connectivity index (χ0) is 56.3. The Morgan fingerprint density at radius 3 is 1.14 bits per heavy atom. The van der Waals surface area contributed by atoms with E-state index < -0.39 is 20.0 Å². The van der Waals surface area contributed by atoms with Gasteiger partial charge in [-0.05, 0) is 64.2 Å². The number of carbonyl (C=O) groups excluding carboxylic acids is 1. The molecule has 77 heavy (non-hydrogen) atoms. The molecule has 0 aliphatic carbocycles. The maximum Gasteiger partial charge on any atom is 0.472 e. The molecule has 0 fully saturated rings. The first-order valence-electron chi connectivity index (χ1n) is 32.8. The van der Waals surface area contributed by atoms with Crippen molar-refractivity contribution in [1.29, 1.82) is 0 Å². The van der Waals surface area contributed by atoms with Gasteiger partial charge in [-0.15, -0.1) is 0 Å². The van der Waals surface area contributed by atoms with Crippen LogP contribution in [0.25, 0.3) is 0 Å². The quantitative estimate of drug-likeness (QED) is 0.0243. The van der Waals surface area contributed by atoms with Crippen LogP contribution in [0.3, 0.4) is 0 Å². The van der Waals surface area contributed by atoms with E-state index in [1.807, 2.05) is 27.2 Å². The Bertz CT molecular complexity index is 1480. The Morgan fingerprint density at radius 2 is 0.779 bits per heavy atom. The summed E-state index contributed by atoms with van der Waals surface area (Å²) < 4.78 is 23.8. The molecule has 0 aromatic carbocycles. The Morgan fingerprint density at radius 1 is 0.455 bits per heavy atom. The average Bonchev–Trinajstić information content (AvgIpc) is 3.39. The Labute approximate surface area is 478 Å². The SMILES string of the molecule is CC/C=C\C/C=C\C/C=C\C/C=C\C/C=C\CCCCCCCCCC(=O)NC(COP(=O)(O)OCC[N+](C)(C)C)C(O)/C=C/CCCCCCCCCCCCCCCCCCCCCCCCCCCCCCCC. The number of likely N-dealkylation sites (N-methyl/N-ethyl adjacent to an activating group) is 1. The van der Waals surface area contributed by atoms with Gasteiger partial charge in [-0.3, -0.25) is 13.8 Å². The van der Waals surface area contributed by atoms with Gasteiger partial charge in [0.05, 0.1) is 39.9 Å². The molecule has 3 unspecified atom stereocenters. The fraction of sp³-hybridized carbons (Fsp3) is 0.809. The molecule has 0 heterocycles. The number of aliphatic hydroxyl groups is 1. The Balaban J connectivity index is 4.12. The number of aliphatic hydroxyl groups excluding tert-OH is 1. The number of quaternary nitrogens is 1. The van der Waals surface area contributed by atoms with E-state index in [-0.39, 0.29) is 19.1 Å². The van der Waals surface area contributed by atoms with Gasteiger partial charge >= 0.3 is 7.82 Å². The van der Waals surface area contributed by atoms with E-state index in [9.17, 15) is 19.4 Å². The smallest absolute Gasteiger partial charge is 0.387 e. The molecule has 8 nitrogen and oxygen atoms in total. The maximum atomic E-state index is 13.0. The molecule has 0 saturated heterocycles. The first-order chi connectivity index (χ1) is 37.5. The predicted octanol–water partition coefficient (Wildman–Crippen LogP) is 20.6. The van der Waals surface area contributed by atoms with E-state index in [0.29, 0.717) is 17.4 Å². The summed E-state index contributed by atoms with van der Waals surface area (Å²) in [7, 11) is 1.56. The first-order valence-corrected chi connectivity index (χ1v) is 34.3. The number of hydrogen-bond donors (Lipinski definition) is 3. The molecule has 3 atom stereocenters. The summed E-state index contributed by atoms with van der Waals surface area (Å²) in [6, 6.07) is -0.859. The third kappa shape index (κ3) is 61.4. The minimum Gasteiger partial charge on any atom is -0.387 e. The van der Waals surface area contributed by atoms with Crippen LogP contribution in [-0.4, -0.2) is 73.4 Å². The number of unbranched alkanes of at least 4 members (excludes halogenated alkanes) is 37. The second-order valence-electron chi connectivity index (χ2n) is 23.5. The molecule has 0 saturated carbocycles. The van der Waals surface area contributed by atoms with E-state index in [4.69, 9.17) is 9.05 Å². The zero-order valence-electron chi connectivity index (χ0n) is 51.4. The molecule has 0 aromatic heterocycles. The minimum atomic E-state index is -4.36. The number of phosphoric ester groups is 1. The molecule has 0 aliphatic heterocycles. The zero-order valence-corrected chi connectivity index (χ0v) is 52.3. The van der Waals surface area contributed by atoms with Crippen LogP contribution in [0, 0.1) is 0 Å². The summed E-state index contributed by atoms with van der Waals surface area (Å²) >= 11 is 0. The Hall–Kier alpha value is -2.06. The molecule has 0 radical (unpaired) electrons. The average molecular weight is 1100 g/mol. The van der Waals surface area contributed by atoms with Crippen molar-refractivity contribution in [2.45, 2.75) is 315 Å². The van der Waals surface area contributed by atoms with Crippen LogP contribution < -0.4 is 5.32 Å². The summed E-state index contributed by atoms with van der Waals surface area (Å²) in [5.41, 5.74) is 0. The lowest BCUT2D eigenvalue weighted by molar-refractivity contribution is -0.870. The normalized spacial score (nSPS) is 14.2. The second kappa shape index (κ2) is 58.6. The lowest BCUT2D eigenvalue weighted by Gasteiger charge is -2.25. The van der Waals surface area contributed by atoms with Gasteiger partial charge in [-0.25, -0.2) is 4.57 Å². The molecule has 0 aliphatic rings. The van der Waals surface area contributed by atoms with Crippen molar-refractivity contribution < 1.29 is 32.9 Å². The molecule has 1 amide bonds. The largest absolute Gasteiger partial charge is 0.472 e. The summed E-state index contributed by atoms with van der Waals surface area (Å²) in [6.07, 6.45) is 81.8. The summed E-state index contributed by atoms with van der Waals surface area (Å²) in [5, 5.41) is 14.0. The molecule has 0 aromatic rings. The minimum absolute atomic E-state index is 0.0563. The number of nitrogens with zero attached hydrogens (tertiary/aromatic N) is 1. The standard InChI is InChI=1S/C68H127N2O6P/c1-6-8-10-12-14-16-18-20-22-24-26-28-30-31-32-33-34-35-36-37-38-40-41-43-45-47-49-51-53-55-57-59-61-67(71)66(65-76-77(73,74)75-64-63-70(3,4)5)69-68(72)62-60-58-56-54-52-50-48-46-44-42-39-29-27-25-23-21-19-17-15-13-11-9-7-2/h9,11,15,17,21,23,27,29,42,44,59,61,66-67,71H,6-8,10,12-14,16,18-20,22,24-26,28,30-41,43,45-58,60,62-65H2,1-5H3,(H-,69,72,73,74)/p+1/b11-9-,17-15-,23-21-,29-27-,44-42-,61-59+. The summed E-state index contributed by atoms with van der Waals surface area (Å²) in [4.78, 5) is 23.4. The van der Waals surface area contributed by atoms with E-state index in [1.165, 1.54) is 199 Å². The Kier molecular flexibility index (Phi) is 57.0. The van der Waals surface area contributed by atoms with Crippen molar-refractivity contribution in [2.75, 3.05) is 40.9 Å². The van der Waals surface area contributed by atoms with Crippen LogP contribution in [0.2, 0.25) is 0 Å². The molecular weight excluding hydrogens is 972 g/mol. The number of carbonyl (C=O) groups is 1. The molecule has 9 heteroatoms. The number of allylic oxidation sites excluding steroid dienone is 11.